The zero-order chi connectivity index (χ0) is 23.9. The standard InChI is InChI=1S/C24H24N4O4S2/c1-16-21-15-22(33-24(21)28(26-16)18-5-3-2-4-6-18)23(30)25-17-7-9-20(10-8-17)34(31,32)27-13-11-19(29)12-14-27/h2-10,15,19,29H,11-14H2,1H3,(H,25,30). The normalized spacial score (nSPS) is 15.6. The summed E-state index contributed by atoms with van der Waals surface area (Å²) in [5, 5.41) is 18.0. The van der Waals surface area contributed by atoms with E-state index in [2.05, 4.69) is 10.4 Å². The van der Waals surface area contributed by atoms with Gasteiger partial charge in [0.15, 0.2) is 0 Å². The molecule has 1 aliphatic heterocycles. The number of carbonyl (C=O) groups excluding carboxylic acids is 1. The van der Waals surface area contributed by atoms with Gasteiger partial charge in [-0.15, -0.1) is 11.3 Å². The van der Waals surface area contributed by atoms with Gasteiger partial charge in [0.05, 0.1) is 27.3 Å². The molecule has 2 N–H and O–H groups in total. The monoisotopic (exact) mass is 496 g/mol. The van der Waals surface area contributed by atoms with Crippen molar-refractivity contribution in [1.82, 2.24) is 14.1 Å². The Morgan fingerprint density at radius 1 is 1.09 bits per heavy atom. The van der Waals surface area contributed by atoms with Crippen molar-refractivity contribution in [2.45, 2.75) is 30.8 Å². The molecule has 0 bridgehead atoms. The lowest BCUT2D eigenvalue weighted by molar-refractivity contribution is 0.103. The summed E-state index contributed by atoms with van der Waals surface area (Å²) in [5.74, 6) is -0.263. The molecule has 0 spiro atoms. The number of rotatable bonds is 5. The predicted octanol–water partition coefficient (Wildman–Crippen LogP) is 3.79. The van der Waals surface area contributed by atoms with Gasteiger partial charge in [0.25, 0.3) is 5.91 Å². The molecule has 1 fully saturated rings. The van der Waals surface area contributed by atoms with Crippen LogP contribution in [0, 0.1) is 6.92 Å². The number of nitrogens with zero attached hydrogens (tertiary/aromatic N) is 3. The number of fused-ring (bicyclic) bond motifs is 1. The third-order valence-electron chi connectivity index (χ3n) is 5.94. The van der Waals surface area contributed by atoms with E-state index >= 15 is 0 Å². The number of aliphatic hydroxyl groups is 1. The second-order valence-electron chi connectivity index (χ2n) is 8.28. The largest absolute Gasteiger partial charge is 0.393 e. The van der Waals surface area contributed by atoms with Crippen LogP contribution in [0.1, 0.15) is 28.2 Å². The lowest BCUT2D eigenvalue weighted by Crippen LogP contribution is -2.39. The van der Waals surface area contributed by atoms with Crippen LogP contribution in [0.15, 0.2) is 65.6 Å². The molecule has 0 saturated carbocycles. The summed E-state index contributed by atoms with van der Waals surface area (Å²) in [7, 11) is -3.63. The summed E-state index contributed by atoms with van der Waals surface area (Å²) in [6.07, 6.45) is 0.422. The first-order valence-corrected chi connectivity index (χ1v) is 13.2. The molecule has 34 heavy (non-hydrogen) atoms. The fourth-order valence-electron chi connectivity index (χ4n) is 4.04. The van der Waals surface area contributed by atoms with Crippen LogP contribution in [-0.4, -0.2) is 52.7 Å². The lowest BCUT2D eigenvalue weighted by Gasteiger charge is -2.28. The van der Waals surface area contributed by atoms with Crippen molar-refractivity contribution < 1.29 is 18.3 Å². The molecular formula is C24H24N4O4S2. The molecule has 1 saturated heterocycles. The lowest BCUT2D eigenvalue weighted by atomic mass is 10.1. The number of anilines is 1. The Morgan fingerprint density at radius 3 is 2.44 bits per heavy atom. The Hall–Kier alpha value is -3.05. The van der Waals surface area contributed by atoms with Crippen molar-refractivity contribution in [3.8, 4) is 5.69 Å². The van der Waals surface area contributed by atoms with Gasteiger partial charge in [-0.3, -0.25) is 4.79 Å². The zero-order valence-corrected chi connectivity index (χ0v) is 20.1. The summed E-state index contributed by atoms with van der Waals surface area (Å²) >= 11 is 1.36. The van der Waals surface area contributed by atoms with Crippen LogP contribution in [0.2, 0.25) is 0 Å². The van der Waals surface area contributed by atoms with E-state index in [1.165, 1.54) is 27.8 Å². The Kier molecular flexibility index (Phi) is 5.98. The molecule has 8 nitrogen and oxygen atoms in total. The van der Waals surface area contributed by atoms with Crippen molar-refractivity contribution in [3.05, 3.63) is 71.2 Å². The summed E-state index contributed by atoms with van der Waals surface area (Å²) in [6.45, 7) is 2.51. The first-order valence-electron chi connectivity index (χ1n) is 11.0. The van der Waals surface area contributed by atoms with Gasteiger partial charge in [-0.2, -0.15) is 9.40 Å². The van der Waals surface area contributed by atoms with Crippen molar-refractivity contribution >= 4 is 43.2 Å². The maximum absolute atomic E-state index is 12.9. The second kappa shape index (κ2) is 8.95. The number of hydrogen-bond donors (Lipinski definition) is 2. The van der Waals surface area contributed by atoms with Crippen LogP contribution in [0.4, 0.5) is 5.69 Å². The number of piperidine rings is 1. The number of aromatic nitrogens is 2. The van der Waals surface area contributed by atoms with E-state index in [4.69, 9.17) is 0 Å². The Morgan fingerprint density at radius 2 is 1.76 bits per heavy atom. The number of amides is 1. The molecule has 10 heteroatoms. The van der Waals surface area contributed by atoms with Crippen molar-refractivity contribution in [1.29, 1.82) is 0 Å². The number of thiophene rings is 1. The van der Waals surface area contributed by atoms with Gasteiger partial charge in [0.1, 0.15) is 4.83 Å². The van der Waals surface area contributed by atoms with Crippen LogP contribution < -0.4 is 5.32 Å². The number of hydrogen-bond acceptors (Lipinski definition) is 6. The minimum atomic E-state index is -3.63. The molecule has 3 heterocycles. The van der Waals surface area contributed by atoms with Crippen LogP contribution >= 0.6 is 11.3 Å². The third-order valence-corrected chi connectivity index (χ3v) is 8.96. The molecule has 0 atom stereocenters. The zero-order valence-electron chi connectivity index (χ0n) is 18.5. The number of aryl methyl sites for hydroxylation is 1. The topological polar surface area (TPSA) is 105 Å². The molecule has 5 rings (SSSR count). The highest BCUT2D eigenvalue weighted by atomic mass is 32.2. The van der Waals surface area contributed by atoms with Crippen molar-refractivity contribution in [2.75, 3.05) is 18.4 Å². The molecule has 0 aliphatic carbocycles. The van der Waals surface area contributed by atoms with Gasteiger partial charge in [0, 0.05) is 24.2 Å². The highest BCUT2D eigenvalue weighted by molar-refractivity contribution is 7.89. The van der Waals surface area contributed by atoms with Crippen LogP contribution in [0.5, 0.6) is 0 Å². The van der Waals surface area contributed by atoms with E-state index in [1.54, 1.807) is 12.1 Å². The Bertz CT molecular complexity index is 1440. The summed E-state index contributed by atoms with van der Waals surface area (Å²) in [6, 6.07) is 17.8. The maximum atomic E-state index is 12.9. The Balaban J connectivity index is 1.34. The molecule has 1 aliphatic rings. The van der Waals surface area contributed by atoms with Gasteiger partial charge in [-0.05, 0) is 62.2 Å². The van der Waals surface area contributed by atoms with Gasteiger partial charge in [0.2, 0.25) is 10.0 Å². The van der Waals surface area contributed by atoms with Gasteiger partial charge in [-0.25, -0.2) is 13.1 Å². The van der Waals surface area contributed by atoms with Gasteiger partial charge < -0.3 is 10.4 Å². The second-order valence-corrected chi connectivity index (χ2v) is 11.2. The highest BCUT2D eigenvalue weighted by Crippen LogP contribution is 2.31. The smallest absolute Gasteiger partial charge is 0.265 e. The molecule has 0 radical (unpaired) electrons. The number of para-hydroxylation sites is 1. The van der Waals surface area contributed by atoms with E-state index in [0.29, 0.717) is 36.5 Å². The van der Waals surface area contributed by atoms with Crippen LogP contribution in [-0.2, 0) is 10.0 Å². The van der Waals surface area contributed by atoms with E-state index in [1.807, 2.05) is 48.0 Å². The molecule has 176 valence electrons. The number of benzene rings is 2. The van der Waals surface area contributed by atoms with E-state index in [-0.39, 0.29) is 10.8 Å². The molecule has 2 aromatic heterocycles. The molecule has 2 aromatic carbocycles. The summed E-state index contributed by atoms with van der Waals surface area (Å²) in [5.41, 5.74) is 2.28. The quantitative estimate of drug-likeness (QED) is 0.437. The van der Waals surface area contributed by atoms with Crippen molar-refractivity contribution in [3.63, 3.8) is 0 Å². The Labute approximate surface area is 201 Å². The fourth-order valence-corrected chi connectivity index (χ4v) is 6.59. The predicted molar refractivity (Wildman–Crippen MR) is 132 cm³/mol. The SMILES string of the molecule is Cc1nn(-c2ccccc2)c2sc(C(=O)Nc3ccc(S(=O)(=O)N4CCC(O)CC4)cc3)cc12. The number of sulfonamides is 1. The first-order chi connectivity index (χ1) is 16.3. The number of carbonyl (C=O) groups is 1. The molecule has 1 amide bonds. The van der Waals surface area contributed by atoms with Crippen molar-refractivity contribution in [2.24, 2.45) is 0 Å². The summed E-state index contributed by atoms with van der Waals surface area (Å²) < 4.78 is 28.9. The average Bonchev–Trinajstić information content (AvgIpc) is 3.41. The maximum Gasteiger partial charge on any atom is 0.265 e. The fraction of sp³-hybridized carbons (Fsp3) is 0.250. The van der Waals surface area contributed by atoms with E-state index < -0.39 is 16.1 Å². The van der Waals surface area contributed by atoms with Crippen LogP contribution in [0.3, 0.4) is 0 Å². The van der Waals surface area contributed by atoms with E-state index in [9.17, 15) is 18.3 Å². The average molecular weight is 497 g/mol. The third kappa shape index (κ3) is 4.25. The highest BCUT2D eigenvalue weighted by Gasteiger charge is 2.28. The minimum absolute atomic E-state index is 0.169. The first kappa shape index (κ1) is 22.7. The molecule has 0 unspecified atom stereocenters. The number of aliphatic hydroxyl groups excluding tert-OH is 1. The van der Waals surface area contributed by atoms with Gasteiger partial charge >= 0.3 is 0 Å². The minimum Gasteiger partial charge on any atom is -0.393 e. The number of nitrogens with one attached hydrogen (secondary N) is 1. The van der Waals surface area contributed by atoms with E-state index in [0.717, 1.165) is 21.6 Å². The summed E-state index contributed by atoms with van der Waals surface area (Å²) in [4.78, 5) is 14.5. The molecular weight excluding hydrogens is 472 g/mol. The van der Waals surface area contributed by atoms with Gasteiger partial charge in [-0.1, -0.05) is 18.2 Å². The van der Waals surface area contributed by atoms with Crippen LogP contribution in [0.25, 0.3) is 15.9 Å². The molecule has 4 aromatic rings.